The third kappa shape index (κ3) is 5.32. The van der Waals surface area contributed by atoms with Gasteiger partial charge in [0.1, 0.15) is 24.7 Å². The molecule has 0 aromatic heterocycles. The molecule has 1 atom stereocenters. The summed E-state index contributed by atoms with van der Waals surface area (Å²) < 4.78 is 23.5. The Balaban J connectivity index is 1.68. The van der Waals surface area contributed by atoms with Crippen molar-refractivity contribution in [1.29, 1.82) is 0 Å². The molecule has 1 amide bonds. The lowest BCUT2D eigenvalue weighted by molar-refractivity contribution is -0.906. The summed E-state index contributed by atoms with van der Waals surface area (Å²) in [6, 6.07) is 5.64. The van der Waals surface area contributed by atoms with Gasteiger partial charge in [0.05, 0.1) is 26.3 Å². The Morgan fingerprint density at radius 3 is 2.71 bits per heavy atom. The molecule has 1 aromatic rings. The van der Waals surface area contributed by atoms with Gasteiger partial charge in [-0.05, 0) is 31.2 Å². The van der Waals surface area contributed by atoms with Crippen LogP contribution in [0.25, 0.3) is 0 Å². The highest BCUT2D eigenvalue weighted by atomic mass is 19.1. The van der Waals surface area contributed by atoms with Crippen molar-refractivity contribution in [2.45, 2.75) is 13.0 Å². The Morgan fingerprint density at radius 1 is 1.38 bits per heavy atom. The first-order valence-electron chi connectivity index (χ1n) is 7.26. The molecule has 0 spiro atoms. The molecule has 0 saturated carbocycles. The van der Waals surface area contributed by atoms with E-state index in [-0.39, 0.29) is 11.7 Å². The fourth-order valence-electron chi connectivity index (χ4n) is 2.19. The second kappa shape index (κ2) is 7.95. The van der Waals surface area contributed by atoms with Gasteiger partial charge in [0.2, 0.25) is 0 Å². The molecular weight excluding hydrogens is 275 g/mol. The lowest BCUT2D eigenvalue weighted by Crippen LogP contribution is -3.14. The molecule has 2 N–H and O–H groups in total. The fraction of sp³-hybridized carbons (Fsp3) is 0.533. The monoisotopic (exact) mass is 297 g/mol. The average molecular weight is 297 g/mol. The molecule has 5 nitrogen and oxygen atoms in total. The molecule has 1 aromatic carbocycles. The molecular formula is C15H22FN2O3+. The van der Waals surface area contributed by atoms with Crippen LogP contribution >= 0.6 is 0 Å². The highest BCUT2D eigenvalue weighted by Crippen LogP contribution is 2.12. The van der Waals surface area contributed by atoms with Gasteiger partial charge in [0, 0.05) is 0 Å². The zero-order valence-corrected chi connectivity index (χ0v) is 12.2. The second-order valence-electron chi connectivity index (χ2n) is 5.12. The van der Waals surface area contributed by atoms with Crippen LogP contribution < -0.4 is 15.0 Å². The van der Waals surface area contributed by atoms with Crippen molar-refractivity contribution >= 4 is 5.91 Å². The van der Waals surface area contributed by atoms with Gasteiger partial charge in [0.15, 0.2) is 6.10 Å². The molecule has 1 aliphatic rings. The minimum Gasteiger partial charge on any atom is -0.481 e. The van der Waals surface area contributed by atoms with Gasteiger partial charge in [-0.1, -0.05) is 0 Å². The number of carbonyl (C=O) groups excluding carboxylic acids is 1. The molecule has 0 radical (unpaired) electrons. The first-order valence-corrected chi connectivity index (χ1v) is 7.26. The van der Waals surface area contributed by atoms with E-state index in [0.717, 1.165) is 32.8 Å². The maximum atomic E-state index is 12.8. The summed E-state index contributed by atoms with van der Waals surface area (Å²) in [7, 11) is 0. The highest BCUT2D eigenvalue weighted by Gasteiger charge is 2.17. The highest BCUT2D eigenvalue weighted by molar-refractivity contribution is 5.80. The fourth-order valence-corrected chi connectivity index (χ4v) is 2.19. The van der Waals surface area contributed by atoms with Crippen molar-refractivity contribution < 1.29 is 23.6 Å². The summed E-state index contributed by atoms with van der Waals surface area (Å²) in [6.07, 6.45) is -0.602. The number of halogens is 1. The number of ether oxygens (including phenoxy) is 2. The molecule has 1 fully saturated rings. The quantitative estimate of drug-likeness (QED) is 0.753. The second-order valence-corrected chi connectivity index (χ2v) is 5.12. The van der Waals surface area contributed by atoms with Crippen molar-refractivity contribution in [1.82, 2.24) is 5.32 Å². The number of amides is 1. The van der Waals surface area contributed by atoms with Crippen molar-refractivity contribution in [3.8, 4) is 5.75 Å². The lowest BCUT2D eigenvalue weighted by atomic mass is 10.3. The van der Waals surface area contributed by atoms with E-state index in [0.29, 0.717) is 12.3 Å². The molecule has 116 valence electrons. The van der Waals surface area contributed by atoms with Gasteiger partial charge in [-0.2, -0.15) is 0 Å². The summed E-state index contributed by atoms with van der Waals surface area (Å²) in [5.74, 6) is -0.00206. The SMILES string of the molecule is C[C@H](Oc1ccc(F)cc1)C(=O)NCC[NH+]1CCOCC1. The molecule has 21 heavy (non-hydrogen) atoms. The van der Waals surface area contributed by atoms with E-state index in [1.54, 1.807) is 6.92 Å². The van der Waals surface area contributed by atoms with Crippen LogP contribution in [0.3, 0.4) is 0 Å². The predicted octanol–water partition coefficient (Wildman–Crippen LogP) is -0.376. The summed E-state index contributed by atoms with van der Waals surface area (Å²) >= 11 is 0. The number of benzene rings is 1. The number of rotatable bonds is 6. The third-order valence-electron chi connectivity index (χ3n) is 3.47. The Morgan fingerprint density at radius 2 is 2.05 bits per heavy atom. The van der Waals surface area contributed by atoms with Crippen LogP contribution in [-0.2, 0) is 9.53 Å². The van der Waals surface area contributed by atoms with Gasteiger partial charge in [-0.3, -0.25) is 4.79 Å². The van der Waals surface area contributed by atoms with Crippen molar-refractivity contribution in [2.24, 2.45) is 0 Å². The van der Waals surface area contributed by atoms with Crippen LogP contribution in [0.5, 0.6) is 5.75 Å². The molecule has 6 heteroatoms. The first-order chi connectivity index (χ1) is 10.1. The minimum absolute atomic E-state index is 0.160. The standard InChI is InChI=1S/C15H21FN2O3/c1-12(21-14-4-2-13(16)3-5-14)15(19)17-6-7-18-8-10-20-11-9-18/h2-5,12H,6-11H2,1H3,(H,17,19)/p+1/t12-/m0/s1. The molecule has 0 bridgehead atoms. The van der Waals surface area contributed by atoms with Gasteiger partial charge in [-0.25, -0.2) is 4.39 Å². The van der Waals surface area contributed by atoms with E-state index in [1.807, 2.05) is 0 Å². The molecule has 2 rings (SSSR count). The normalized spacial score (nSPS) is 17.2. The number of morpholine rings is 1. The van der Waals surface area contributed by atoms with Crippen LogP contribution in [0, 0.1) is 5.82 Å². The lowest BCUT2D eigenvalue weighted by Gasteiger charge is -2.24. The number of hydrogen-bond acceptors (Lipinski definition) is 3. The molecule has 1 heterocycles. The average Bonchev–Trinajstić information content (AvgIpc) is 2.50. The van der Waals surface area contributed by atoms with E-state index in [2.05, 4.69) is 5.32 Å². The molecule has 1 saturated heterocycles. The summed E-state index contributed by atoms with van der Waals surface area (Å²) in [4.78, 5) is 13.4. The Bertz CT molecular complexity index is 447. The van der Waals surface area contributed by atoms with E-state index < -0.39 is 6.10 Å². The largest absolute Gasteiger partial charge is 0.481 e. The van der Waals surface area contributed by atoms with Crippen LogP contribution in [0.15, 0.2) is 24.3 Å². The third-order valence-corrected chi connectivity index (χ3v) is 3.47. The van der Waals surface area contributed by atoms with E-state index in [4.69, 9.17) is 9.47 Å². The number of carbonyl (C=O) groups is 1. The van der Waals surface area contributed by atoms with Gasteiger partial charge < -0.3 is 19.7 Å². The van der Waals surface area contributed by atoms with Crippen LogP contribution in [0.4, 0.5) is 4.39 Å². The van der Waals surface area contributed by atoms with E-state index >= 15 is 0 Å². The van der Waals surface area contributed by atoms with E-state index in [9.17, 15) is 9.18 Å². The zero-order valence-electron chi connectivity index (χ0n) is 12.2. The molecule has 1 aliphatic heterocycles. The number of quaternary nitrogens is 1. The van der Waals surface area contributed by atoms with E-state index in [1.165, 1.54) is 29.2 Å². The summed E-state index contributed by atoms with van der Waals surface area (Å²) in [5.41, 5.74) is 0. The molecule has 0 aliphatic carbocycles. The summed E-state index contributed by atoms with van der Waals surface area (Å²) in [5, 5.41) is 2.86. The maximum Gasteiger partial charge on any atom is 0.260 e. The van der Waals surface area contributed by atoms with Crippen molar-refractivity contribution in [2.75, 3.05) is 39.4 Å². The predicted molar refractivity (Wildman–Crippen MR) is 75.9 cm³/mol. The number of nitrogens with one attached hydrogen (secondary N) is 2. The molecule has 0 unspecified atom stereocenters. The topological polar surface area (TPSA) is 52.0 Å². The van der Waals surface area contributed by atoms with Gasteiger partial charge >= 0.3 is 0 Å². The van der Waals surface area contributed by atoms with Crippen LogP contribution in [0.2, 0.25) is 0 Å². The Kier molecular flexibility index (Phi) is 5.95. The zero-order chi connectivity index (χ0) is 15.1. The Labute approximate surface area is 124 Å². The van der Waals surface area contributed by atoms with Gasteiger partial charge in [0.25, 0.3) is 5.91 Å². The number of hydrogen-bond donors (Lipinski definition) is 2. The Hall–Kier alpha value is -1.66. The maximum absolute atomic E-state index is 12.8. The first kappa shape index (κ1) is 15.7. The van der Waals surface area contributed by atoms with Crippen molar-refractivity contribution in [3.05, 3.63) is 30.1 Å². The van der Waals surface area contributed by atoms with Crippen LogP contribution in [0.1, 0.15) is 6.92 Å². The van der Waals surface area contributed by atoms with Crippen molar-refractivity contribution in [3.63, 3.8) is 0 Å². The van der Waals surface area contributed by atoms with Gasteiger partial charge in [-0.15, -0.1) is 0 Å². The smallest absolute Gasteiger partial charge is 0.260 e. The minimum atomic E-state index is -0.602. The summed E-state index contributed by atoms with van der Waals surface area (Å²) in [6.45, 7) is 6.72. The van der Waals surface area contributed by atoms with Crippen LogP contribution in [-0.4, -0.2) is 51.4 Å².